The van der Waals surface area contributed by atoms with E-state index in [0.29, 0.717) is 28.2 Å². The van der Waals surface area contributed by atoms with Crippen LogP contribution in [0.4, 0.5) is 0 Å². The molecular weight excluding hydrogens is 231 g/mol. The van der Waals surface area contributed by atoms with Crippen LogP contribution in [-0.4, -0.2) is 5.78 Å². The number of carbonyl (C=O) groups excluding carboxylic acids is 1. The van der Waals surface area contributed by atoms with Crippen LogP contribution in [0.25, 0.3) is 0 Å². The Balaban J connectivity index is 2.16. The summed E-state index contributed by atoms with van der Waals surface area (Å²) in [6.45, 7) is 1.90. The predicted molar refractivity (Wildman–Crippen MR) is 62.6 cm³/mol. The first-order valence-corrected chi connectivity index (χ1v) is 5.86. The van der Waals surface area contributed by atoms with Crippen molar-refractivity contribution in [3.05, 3.63) is 33.8 Å². The van der Waals surface area contributed by atoms with Crippen LogP contribution in [0, 0.1) is 5.92 Å². The highest BCUT2D eigenvalue weighted by Crippen LogP contribution is 2.50. The first kappa shape index (κ1) is 11.0. The molecule has 2 rings (SSSR count). The van der Waals surface area contributed by atoms with Gasteiger partial charge in [-0.1, -0.05) is 36.2 Å². The van der Waals surface area contributed by atoms with Gasteiger partial charge in [-0.3, -0.25) is 4.79 Å². The van der Waals surface area contributed by atoms with Crippen molar-refractivity contribution in [2.24, 2.45) is 5.92 Å². The SMILES string of the molecule is CCC(=O)C1CC1c1ccc(Cl)cc1Cl. The largest absolute Gasteiger partial charge is 0.299 e. The minimum Gasteiger partial charge on any atom is -0.299 e. The van der Waals surface area contributed by atoms with E-state index in [1.54, 1.807) is 6.07 Å². The van der Waals surface area contributed by atoms with Crippen molar-refractivity contribution in [2.75, 3.05) is 0 Å². The van der Waals surface area contributed by atoms with Gasteiger partial charge in [0.15, 0.2) is 0 Å². The molecule has 1 saturated carbocycles. The Labute approximate surface area is 99.4 Å². The minimum atomic E-state index is 0.189. The Morgan fingerprint density at radius 2 is 2.20 bits per heavy atom. The van der Waals surface area contributed by atoms with Crippen LogP contribution in [0.15, 0.2) is 18.2 Å². The molecule has 1 aliphatic rings. The molecule has 0 N–H and O–H groups in total. The Hall–Kier alpha value is -0.530. The molecule has 2 atom stereocenters. The highest BCUT2D eigenvalue weighted by Gasteiger charge is 2.43. The molecule has 1 fully saturated rings. The molecule has 0 aliphatic heterocycles. The van der Waals surface area contributed by atoms with Crippen molar-refractivity contribution in [1.29, 1.82) is 0 Å². The standard InChI is InChI=1S/C12H12Cl2O/c1-2-12(15)10-6-9(10)8-4-3-7(13)5-11(8)14/h3-5,9-10H,2,6H2,1H3. The lowest BCUT2D eigenvalue weighted by Crippen LogP contribution is -1.99. The number of ketones is 1. The van der Waals surface area contributed by atoms with Gasteiger partial charge in [0, 0.05) is 22.4 Å². The molecule has 0 aromatic heterocycles. The van der Waals surface area contributed by atoms with Gasteiger partial charge < -0.3 is 0 Å². The molecule has 1 aliphatic carbocycles. The Bertz CT molecular complexity index is 401. The second kappa shape index (κ2) is 4.15. The van der Waals surface area contributed by atoms with E-state index in [1.165, 1.54) is 0 Å². The number of halogens is 2. The highest BCUT2D eigenvalue weighted by atomic mass is 35.5. The zero-order valence-corrected chi connectivity index (χ0v) is 9.98. The summed E-state index contributed by atoms with van der Waals surface area (Å²) in [5, 5.41) is 1.32. The van der Waals surface area contributed by atoms with E-state index in [4.69, 9.17) is 23.2 Å². The number of Topliss-reactive ketones (excluding diaryl/α,β-unsaturated/α-hetero) is 1. The summed E-state index contributed by atoms with van der Waals surface area (Å²) in [4.78, 5) is 11.5. The maximum Gasteiger partial charge on any atom is 0.136 e. The van der Waals surface area contributed by atoms with Crippen LogP contribution in [0.1, 0.15) is 31.2 Å². The molecule has 15 heavy (non-hydrogen) atoms. The average molecular weight is 243 g/mol. The molecule has 80 valence electrons. The summed E-state index contributed by atoms with van der Waals surface area (Å²) in [5.74, 6) is 0.849. The fourth-order valence-corrected chi connectivity index (χ4v) is 2.51. The number of benzene rings is 1. The van der Waals surface area contributed by atoms with E-state index < -0.39 is 0 Å². The van der Waals surface area contributed by atoms with Gasteiger partial charge in [0.05, 0.1) is 0 Å². The van der Waals surface area contributed by atoms with Crippen LogP contribution in [0.5, 0.6) is 0 Å². The van der Waals surface area contributed by atoms with Crippen LogP contribution in [-0.2, 0) is 4.79 Å². The molecular formula is C12H12Cl2O. The Kier molecular flexibility index (Phi) is 3.03. The fourth-order valence-electron chi connectivity index (χ4n) is 1.96. The first-order chi connectivity index (χ1) is 7.13. The van der Waals surface area contributed by atoms with Crippen molar-refractivity contribution < 1.29 is 4.79 Å². The molecule has 0 saturated heterocycles. The minimum absolute atomic E-state index is 0.189. The van der Waals surface area contributed by atoms with Crippen LogP contribution >= 0.6 is 23.2 Å². The first-order valence-electron chi connectivity index (χ1n) is 5.11. The number of carbonyl (C=O) groups is 1. The third-order valence-corrected chi connectivity index (χ3v) is 3.48. The number of hydrogen-bond donors (Lipinski definition) is 0. The third kappa shape index (κ3) is 2.19. The van der Waals surface area contributed by atoms with E-state index in [-0.39, 0.29) is 5.92 Å². The topological polar surface area (TPSA) is 17.1 Å². The molecule has 3 heteroatoms. The molecule has 0 heterocycles. The van der Waals surface area contributed by atoms with Crippen LogP contribution < -0.4 is 0 Å². The monoisotopic (exact) mass is 242 g/mol. The Morgan fingerprint density at radius 1 is 1.47 bits per heavy atom. The van der Waals surface area contributed by atoms with E-state index >= 15 is 0 Å². The van der Waals surface area contributed by atoms with Crippen LogP contribution in [0.2, 0.25) is 10.0 Å². The predicted octanol–water partition coefficient (Wildman–Crippen LogP) is 4.08. The normalized spacial score (nSPS) is 23.9. The quantitative estimate of drug-likeness (QED) is 0.781. The van der Waals surface area contributed by atoms with Gasteiger partial charge in [-0.2, -0.15) is 0 Å². The maximum absolute atomic E-state index is 11.5. The summed E-state index contributed by atoms with van der Waals surface area (Å²) in [6, 6.07) is 5.50. The van der Waals surface area contributed by atoms with Gasteiger partial charge in [0.25, 0.3) is 0 Å². The summed E-state index contributed by atoms with van der Waals surface area (Å²) in [6.07, 6.45) is 1.56. The highest BCUT2D eigenvalue weighted by molar-refractivity contribution is 6.35. The lowest BCUT2D eigenvalue weighted by atomic mass is 10.1. The summed E-state index contributed by atoms with van der Waals surface area (Å²) in [7, 11) is 0. The van der Waals surface area contributed by atoms with Crippen molar-refractivity contribution in [3.63, 3.8) is 0 Å². The number of hydrogen-bond acceptors (Lipinski definition) is 1. The van der Waals surface area contributed by atoms with Crippen LogP contribution in [0.3, 0.4) is 0 Å². The van der Waals surface area contributed by atoms with Crippen molar-refractivity contribution in [2.45, 2.75) is 25.7 Å². The van der Waals surface area contributed by atoms with E-state index in [0.717, 1.165) is 12.0 Å². The van der Waals surface area contributed by atoms with Gasteiger partial charge >= 0.3 is 0 Å². The molecule has 0 amide bonds. The molecule has 2 unspecified atom stereocenters. The van der Waals surface area contributed by atoms with E-state index in [9.17, 15) is 4.79 Å². The lowest BCUT2D eigenvalue weighted by molar-refractivity contribution is -0.120. The average Bonchev–Trinajstić information content (AvgIpc) is 2.96. The maximum atomic E-state index is 11.5. The summed E-state index contributed by atoms with van der Waals surface area (Å²) < 4.78 is 0. The zero-order chi connectivity index (χ0) is 11.0. The third-order valence-electron chi connectivity index (χ3n) is 2.91. The Morgan fingerprint density at radius 3 is 2.80 bits per heavy atom. The molecule has 1 aromatic carbocycles. The van der Waals surface area contributed by atoms with Crippen molar-refractivity contribution in [1.82, 2.24) is 0 Å². The van der Waals surface area contributed by atoms with Gasteiger partial charge in [0.2, 0.25) is 0 Å². The van der Waals surface area contributed by atoms with E-state index in [1.807, 2.05) is 19.1 Å². The summed E-state index contributed by atoms with van der Waals surface area (Å²) >= 11 is 11.9. The van der Waals surface area contributed by atoms with Gasteiger partial charge in [0.1, 0.15) is 5.78 Å². The van der Waals surface area contributed by atoms with Gasteiger partial charge in [-0.25, -0.2) is 0 Å². The molecule has 0 bridgehead atoms. The number of rotatable bonds is 3. The second-order valence-corrected chi connectivity index (χ2v) is 4.78. The van der Waals surface area contributed by atoms with Gasteiger partial charge in [-0.05, 0) is 30.0 Å². The molecule has 0 spiro atoms. The smallest absolute Gasteiger partial charge is 0.136 e. The molecule has 1 nitrogen and oxygen atoms in total. The summed E-state index contributed by atoms with van der Waals surface area (Å²) in [5.41, 5.74) is 1.06. The molecule has 0 radical (unpaired) electrons. The zero-order valence-electron chi connectivity index (χ0n) is 8.47. The lowest BCUT2D eigenvalue weighted by Gasteiger charge is -2.03. The fraction of sp³-hybridized carbons (Fsp3) is 0.417. The van der Waals surface area contributed by atoms with E-state index in [2.05, 4.69) is 0 Å². The van der Waals surface area contributed by atoms with Gasteiger partial charge in [-0.15, -0.1) is 0 Å². The second-order valence-electron chi connectivity index (χ2n) is 3.93. The van der Waals surface area contributed by atoms with Crippen molar-refractivity contribution in [3.8, 4) is 0 Å². The molecule has 1 aromatic rings. The van der Waals surface area contributed by atoms with Crippen molar-refractivity contribution >= 4 is 29.0 Å².